The van der Waals surface area contributed by atoms with Crippen molar-refractivity contribution in [2.75, 3.05) is 18.0 Å². The van der Waals surface area contributed by atoms with E-state index in [2.05, 4.69) is 34.7 Å². The largest absolute Gasteiger partial charge is 0.364 e. The highest BCUT2D eigenvalue weighted by Gasteiger charge is 2.36. The summed E-state index contributed by atoms with van der Waals surface area (Å²) >= 11 is 0. The summed E-state index contributed by atoms with van der Waals surface area (Å²) in [6, 6.07) is 19.6. The molecule has 188 valence electrons. The molecule has 0 saturated carbocycles. The molecule has 2 aromatic heterocycles. The summed E-state index contributed by atoms with van der Waals surface area (Å²) in [5.74, 6) is -0.648. The molecule has 37 heavy (non-hydrogen) atoms. The van der Waals surface area contributed by atoms with Gasteiger partial charge in [0.25, 0.3) is 5.56 Å². The first-order valence-electron chi connectivity index (χ1n) is 12.2. The number of fused-ring (bicyclic) bond motifs is 1. The zero-order chi connectivity index (χ0) is 26.3. The molecule has 8 heteroatoms. The third kappa shape index (κ3) is 4.58. The van der Waals surface area contributed by atoms with Gasteiger partial charge in [-0.25, -0.2) is 13.8 Å². The molecule has 3 heterocycles. The van der Waals surface area contributed by atoms with Crippen LogP contribution in [0.2, 0.25) is 0 Å². The minimum atomic E-state index is -0.324. The van der Waals surface area contributed by atoms with E-state index in [0.29, 0.717) is 29.8 Å². The SMILES string of the molecule is C[C@@H]1CN(c2cc(=O)n(C)c3ccc(C#N)nc23)[C@@H](C)CN1C(c1ccc(F)cc1)c1cccc(F)c1. The van der Waals surface area contributed by atoms with Crippen LogP contribution < -0.4 is 10.5 Å². The smallest absolute Gasteiger partial charge is 0.252 e. The first-order chi connectivity index (χ1) is 17.8. The number of nitriles is 1. The molecule has 1 saturated heterocycles. The van der Waals surface area contributed by atoms with E-state index in [1.807, 2.05) is 6.07 Å². The molecule has 6 nitrogen and oxygen atoms in total. The van der Waals surface area contributed by atoms with Crippen molar-refractivity contribution in [1.29, 1.82) is 5.26 Å². The molecule has 0 N–H and O–H groups in total. The maximum atomic E-state index is 14.3. The molecule has 0 aliphatic carbocycles. The monoisotopic (exact) mass is 499 g/mol. The summed E-state index contributed by atoms with van der Waals surface area (Å²) in [7, 11) is 1.69. The van der Waals surface area contributed by atoms with Crippen molar-refractivity contribution in [3.05, 3.63) is 106 Å². The second-order valence-electron chi connectivity index (χ2n) is 9.66. The molecule has 0 radical (unpaired) electrons. The topological polar surface area (TPSA) is 65.2 Å². The summed E-state index contributed by atoms with van der Waals surface area (Å²) in [4.78, 5) is 21.8. The maximum absolute atomic E-state index is 14.3. The number of rotatable bonds is 4. The summed E-state index contributed by atoms with van der Waals surface area (Å²) in [5, 5.41) is 9.41. The Labute approximate surface area is 214 Å². The minimum Gasteiger partial charge on any atom is -0.364 e. The summed E-state index contributed by atoms with van der Waals surface area (Å²) in [5.41, 5.74) is 3.76. The molecular weight excluding hydrogens is 472 g/mol. The fraction of sp³-hybridized carbons (Fsp3) is 0.276. The number of aryl methyl sites for hydroxylation is 1. The Hall–Kier alpha value is -4.09. The molecule has 0 spiro atoms. The summed E-state index contributed by atoms with van der Waals surface area (Å²) in [6.07, 6.45) is 0. The summed E-state index contributed by atoms with van der Waals surface area (Å²) < 4.78 is 29.5. The average molecular weight is 500 g/mol. The highest BCUT2D eigenvalue weighted by atomic mass is 19.1. The Morgan fingerprint density at radius 1 is 0.946 bits per heavy atom. The van der Waals surface area contributed by atoms with Crippen LogP contribution in [0.5, 0.6) is 0 Å². The highest BCUT2D eigenvalue weighted by Crippen LogP contribution is 2.36. The van der Waals surface area contributed by atoms with Gasteiger partial charge in [-0.15, -0.1) is 0 Å². The molecule has 5 rings (SSSR count). The minimum absolute atomic E-state index is 0.00669. The molecule has 0 amide bonds. The van der Waals surface area contributed by atoms with Crippen LogP contribution >= 0.6 is 0 Å². The van der Waals surface area contributed by atoms with Gasteiger partial charge >= 0.3 is 0 Å². The van der Waals surface area contributed by atoms with Crippen LogP contribution in [0.4, 0.5) is 14.5 Å². The van der Waals surface area contributed by atoms with Crippen LogP contribution in [0.15, 0.2) is 71.5 Å². The van der Waals surface area contributed by atoms with Crippen LogP contribution in [-0.4, -0.2) is 39.6 Å². The van der Waals surface area contributed by atoms with Crippen LogP contribution in [0, 0.1) is 23.0 Å². The normalized spacial score (nSPS) is 19.1. The van der Waals surface area contributed by atoms with Gasteiger partial charge in [-0.2, -0.15) is 5.26 Å². The van der Waals surface area contributed by atoms with E-state index in [1.165, 1.54) is 28.8 Å². The molecule has 1 unspecified atom stereocenters. The van der Waals surface area contributed by atoms with Crippen molar-refractivity contribution in [1.82, 2.24) is 14.5 Å². The van der Waals surface area contributed by atoms with Crippen molar-refractivity contribution in [3.8, 4) is 6.07 Å². The molecule has 1 aliphatic heterocycles. The van der Waals surface area contributed by atoms with Crippen LogP contribution in [0.25, 0.3) is 11.0 Å². The third-order valence-electron chi connectivity index (χ3n) is 7.21. The molecule has 2 aromatic carbocycles. The fourth-order valence-electron chi connectivity index (χ4n) is 5.34. The highest BCUT2D eigenvalue weighted by molar-refractivity contribution is 5.89. The van der Waals surface area contributed by atoms with Gasteiger partial charge in [0.2, 0.25) is 0 Å². The van der Waals surface area contributed by atoms with E-state index in [-0.39, 0.29) is 41.0 Å². The fourth-order valence-corrected chi connectivity index (χ4v) is 5.34. The Morgan fingerprint density at radius 2 is 1.70 bits per heavy atom. The number of hydrogen-bond acceptors (Lipinski definition) is 5. The lowest BCUT2D eigenvalue weighted by Gasteiger charge is -2.48. The Bertz CT molecular complexity index is 1560. The van der Waals surface area contributed by atoms with E-state index < -0.39 is 0 Å². The van der Waals surface area contributed by atoms with Gasteiger partial charge in [0.15, 0.2) is 0 Å². The van der Waals surface area contributed by atoms with Crippen molar-refractivity contribution < 1.29 is 8.78 Å². The number of nitrogens with zero attached hydrogens (tertiary/aromatic N) is 5. The number of halogens is 2. The molecule has 1 fully saturated rings. The van der Waals surface area contributed by atoms with Crippen molar-refractivity contribution in [2.24, 2.45) is 7.05 Å². The number of pyridine rings is 2. The first kappa shape index (κ1) is 24.6. The number of anilines is 1. The van der Waals surface area contributed by atoms with E-state index >= 15 is 0 Å². The molecular formula is C29H27F2N5O. The predicted molar refractivity (Wildman–Crippen MR) is 139 cm³/mol. The van der Waals surface area contributed by atoms with Gasteiger partial charge in [0, 0.05) is 38.3 Å². The first-order valence-corrected chi connectivity index (χ1v) is 12.2. The Morgan fingerprint density at radius 3 is 2.41 bits per heavy atom. The Kier molecular flexibility index (Phi) is 6.48. The lowest BCUT2D eigenvalue weighted by Crippen LogP contribution is -2.57. The zero-order valence-electron chi connectivity index (χ0n) is 20.9. The predicted octanol–water partition coefficient (Wildman–Crippen LogP) is 4.77. The zero-order valence-corrected chi connectivity index (χ0v) is 20.9. The van der Waals surface area contributed by atoms with Gasteiger partial charge in [-0.05, 0) is 61.4 Å². The number of benzene rings is 2. The standard InChI is InChI=1S/C29H27F2N5O/c1-18-17-36(29(20-7-9-22(30)10-8-20)21-5-4-6-23(31)13-21)19(2)16-35(18)26-14-27(37)34(3)25-12-11-24(15-32)33-28(25)26/h4-14,18-19,29H,16-17H2,1-3H3/t18-,19+,29?/m0/s1. The average Bonchev–Trinajstić information content (AvgIpc) is 2.89. The second kappa shape index (κ2) is 9.75. The molecule has 1 aliphatic rings. The number of piperazine rings is 1. The van der Waals surface area contributed by atoms with Gasteiger partial charge < -0.3 is 9.47 Å². The maximum Gasteiger partial charge on any atom is 0.252 e. The van der Waals surface area contributed by atoms with Crippen LogP contribution in [0.3, 0.4) is 0 Å². The second-order valence-corrected chi connectivity index (χ2v) is 9.66. The van der Waals surface area contributed by atoms with Gasteiger partial charge in [0.1, 0.15) is 28.9 Å². The van der Waals surface area contributed by atoms with Crippen molar-refractivity contribution in [3.63, 3.8) is 0 Å². The van der Waals surface area contributed by atoms with E-state index in [4.69, 9.17) is 0 Å². The molecule has 4 aromatic rings. The molecule has 3 atom stereocenters. The third-order valence-corrected chi connectivity index (χ3v) is 7.21. The van der Waals surface area contributed by atoms with Gasteiger partial charge in [-0.3, -0.25) is 9.69 Å². The van der Waals surface area contributed by atoms with Gasteiger partial charge in [-0.1, -0.05) is 24.3 Å². The van der Waals surface area contributed by atoms with E-state index in [1.54, 1.807) is 43.4 Å². The summed E-state index contributed by atoms with van der Waals surface area (Å²) in [6.45, 7) is 5.35. The quantitative estimate of drug-likeness (QED) is 0.405. The van der Waals surface area contributed by atoms with Crippen molar-refractivity contribution in [2.45, 2.75) is 32.0 Å². The number of hydrogen-bond donors (Lipinski definition) is 0. The lowest BCUT2D eigenvalue weighted by atomic mass is 9.93. The van der Waals surface area contributed by atoms with Crippen LogP contribution in [-0.2, 0) is 7.05 Å². The lowest BCUT2D eigenvalue weighted by molar-refractivity contribution is 0.130. The Balaban J connectivity index is 1.56. The van der Waals surface area contributed by atoms with Crippen molar-refractivity contribution >= 4 is 16.7 Å². The van der Waals surface area contributed by atoms with E-state index in [0.717, 1.165) is 11.1 Å². The van der Waals surface area contributed by atoms with E-state index in [9.17, 15) is 18.8 Å². The number of aromatic nitrogens is 2. The van der Waals surface area contributed by atoms with Crippen LogP contribution in [0.1, 0.15) is 36.7 Å². The molecule has 0 bridgehead atoms. The van der Waals surface area contributed by atoms with Gasteiger partial charge in [0.05, 0.1) is 17.2 Å².